The molecule has 6 heteroatoms. The summed E-state index contributed by atoms with van der Waals surface area (Å²) in [7, 11) is 0. The molecule has 0 unspecified atom stereocenters. The summed E-state index contributed by atoms with van der Waals surface area (Å²) >= 11 is 14.2. The second kappa shape index (κ2) is 9.65. The number of aryl methyl sites for hydroxylation is 1. The van der Waals surface area contributed by atoms with Crippen molar-refractivity contribution in [3.8, 4) is 5.75 Å². The molecule has 0 amide bonds. The molecule has 2 heterocycles. The highest BCUT2D eigenvalue weighted by atomic mass is 35.5. The van der Waals surface area contributed by atoms with Gasteiger partial charge in [0.05, 0.1) is 21.8 Å². The van der Waals surface area contributed by atoms with E-state index in [2.05, 4.69) is 16.0 Å². The van der Waals surface area contributed by atoms with Crippen LogP contribution in [0.25, 0.3) is 10.2 Å². The van der Waals surface area contributed by atoms with E-state index in [-0.39, 0.29) is 0 Å². The third-order valence-corrected chi connectivity index (χ3v) is 7.13. The molecular weight excluding hydrogens is 423 g/mol. The maximum atomic E-state index is 6.33. The monoisotopic (exact) mass is 448 g/mol. The number of nitrogens with zero attached hydrogens (tertiary/aromatic N) is 2. The topological polar surface area (TPSA) is 25.4 Å². The number of hydrogen-bond acceptors (Lipinski definition) is 4. The number of piperidine rings is 1. The van der Waals surface area contributed by atoms with Gasteiger partial charge >= 0.3 is 0 Å². The molecular formula is C23H26Cl2N2OS. The number of rotatable bonds is 7. The fourth-order valence-electron chi connectivity index (χ4n) is 4.02. The third kappa shape index (κ3) is 5.64. The predicted molar refractivity (Wildman–Crippen MR) is 124 cm³/mol. The Morgan fingerprint density at radius 2 is 1.97 bits per heavy atom. The number of hydrogen-bond donors (Lipinski definition) is 0. The number of benzene rings is 2. The van der Waals surface area contributed by atoms with Crippen LogP contribution in [-0.2, 0) is 6.42 Å². The van der Waals surface area contributed by atoms with Gasteiger partial charge in [-0.25, -0.2) is 4.98 Å². The van der Waals surface area contributed by atoms with Gasteiger partial charge in [0.25, 0.3) is 0 Å². The number of halogens is 2. The average Bonchev–Trinajstić information content (AvgIpc) is 3.08. The first-order valence-electron chi connectivity index (χ1n) is 10.2. The zero-order chi connectivity index (χ0) is 20.2. The van der Waals surface area contributed by atoms with Crippen LogP contribution in [0.15, 0.2) is 36.4 Å². The lowest BCUT2D eigenvalue weighted by molar-refractivity contribution is 0.170. The van der Waals surface area contributed by atoms with Gasteiger partial charge in [0.2, 0.25) is 0 Å². The van der Waals surface area contributed by atoms with Crippen LogP contribution in [0.1, 0.15) is 29.8 Å². The van der Waals surface area contributed by atoms with E-state index in [4.69, 9.17) is 27.9 Å². The van der Waals surface area contributed by atoms with Crippen LogP contribution in [0.5, 0.6) is 5.75 Å². The second-order valence-corrected chi connectivity index (χ2v) is 9.87. The Morgan fingerprint density at radius 3 is 2.79 bits per heavy atom. The van der Waals surface area contributed by atoms with Crippen molar-refractivity contribution in [1.82, 2.24) is 9.88 Å². The molecule has 154 valence electrons. The van der Waals surface area contributed by atoms with Gasteiger partial charge in [0.1, 0.15) is 5.75 Å². The zero-order valence-corrected chi connectivity index (χ0v) is 19.0. The van der Waals surface area contributed by atoms with Gasteiger partial charge < -0.3 is 9.64 Å². The van der Waals surface area contributed by atoms with Crippen molar-refractivity contribution in [3.63, 3.8) is 0 Å². The van der Waals surface area contributed by atoms with Crippen LogP contribution in [0.2, 0.25) is 10.0 Å². The number of ether oxygens (including phenoxy) is 1. The van der Waals surface area contributed by atoms with Crippen molar-refractivity contribution < 1.29 is 4.74 Å². The molecule has 1 fully saturated rings. The zero-order valence-electron chi connectivity index (χ0n) is 16.7. The van der Waals surface area contributed by atoms with Gasteiger partial charge in [-0.15, -0.1) is 11.3 Å². The minimum absolute atomic E-state index is 0.687. The summed E-state index contributed by atoms with van der Waals surface area (Å²) < 4.78 is 7.17. The van der Waals surface area contributed by atoms with Gasteiger partial charge in [-0.2, -0.15) is 0 Å². The average molecular weight is 449 g/mol. The van der Waals surface area contributed by atoms with Gasteiger partial charge in [0, 0.05) is 22.7 Å². The molecule has 2 aromatic carbocycles. The molecule has 0 N–H and O–H groups in total. The van der Waals surface area contributed by atoms with Crippen molar-refractivity contribution >= 4 is 44.8 Å². The summed E-state index contributed by atoms with van der Waals surface area (Å²) in [4.78, 5) is 7.09. The molecule has 3 aromatic rings. The Labute approximate surface area is 186 Å². The maximum Gasteiger partial charge on any atom is 0.121 e. The van der Waals surface area contributed by atoms with Gasteiger partial charge in [0.15, 0.2) is 0 Å². The quantitative estimate of drug-likeness (QED) is 0.379. The van der Waals surface area contributed by atoms with Crippen LogP contribution in [0, 0.1) is 12.8 Å². The highest BCUT2D eigenvalue weighted by Gasteiger charge is 2.20. The van der Waals surface area contributed by atoms with E-state index in [0.29, 0.717) is 5.92 Å². The Hall–Kier alpha value is -1.33. The van der Waals surface area contributed by atoms with Crippen molar-refractivity contribution in [1.29, 1.82) is 0 Å². The summed E-state index contributed by atoms with van der Waals surface area (Å²) in [5.41, 5.74) is 2.21. The van der Waals surface area contributed by atoms with E-state index in [9.17, 15) is 0 Å². The van der Waals surface area contributed by atoms with Crippen LogP contribution >= 0.6 is 34.5 Å². The first-order valence-corrected chi connectivity index (χ1v) is 11.8. The van der Waals surface area contributed by atoms with Crippen LogP contribution in [0.4, 0.5) is 0 Å². The maximum absolute atomic E-state index is 6.33. The molecule has 1 aliphatic heterocycles. The highest BCUT2D eigenvalue weighted by Crippen LogP contribution is 2.28. The van der Waals surface area contributed by atoms with Crippen LogP contribution in [-0.4, -0.2) is 36.1 Å². The van der Waals surface area contributed by atoms with E-state index in [1.54, 1.807) is 11.3 Å². The van der Waals surface area contributed by atoms with E-state index in [0.717, 1.165) is 65.4 Å². The first kappa shape index (κ1) is 20.9. The van der Waals surface area contributed by atoms with Gasteiger partial charge in [-0.1, -0.05) is 23.2 Å². The SMILES string of the molecule is Cc1nc2cc(OCCCN3CCC(Cc4cc(Cl)ccc4Cl)CC3)ccc2s1. The molecule has 1 aromatic heterocycles. The van der Waals surface area contributed by atoms with Crippen LogP contribution < -0.4 is 4.74 Å². The third-order valence-electron chi connectivity index (χ3n) is 5.58. The largest absolute Gasteiger partial charge is 0.493 e. The minimum Gasteiger partial charge on any atom is -0.493 e. The number of thiazole rings is 1. The standard InChI is InChI=1S/C23H26Cl2N2OS/c1-16-26-22-15-20(4-6-23(22)29-16)28-12-2-9-27-10-7-17(8-11-27)13-18-14-19(24)3-5-21(18)25/h3-6,14-15,17H,2,7-13H2,1H3. The van der Waals surface area contributed by atoms with E-state index in [1.165, 1.54) is 23.1 Å². The Morgan fingerprint density at radius 1 is 1.14 bits per heavy atom. The molecule has 4 rings (SSSR count). The van der Waals surface area contributed by atoms with Crippen molar-refractivity contribution in [2.45, 2.75) is 32.6 Å². The summed E-state index contributed by atoms with van der Waals surface area (Å²) in [6, 6.07) is 12.0. The van der Waals surface area contributed by atoms with Gasteiger partial charge in [-0.3, -0.25) is 0 Å². The summed E-state index contributed by atoms with van der Waals surface area (Å²) in [6.07, 6.45) is 4.49. The summed E-state index contributed by atoms with van der Waals surface area (Å²) in [5, 5.41) is 2.70. The lowest BCUT2D eigenvalue weighted by Crippen LogP contribution is -2.35. The van der Waals surface area contributed by atoms with Gasteiger partial charge in [-0.05, 0) is 87.5 Å². The van der Waals surface area contributed by atoms with E-state index in [1.807, 2.05) is 37.3 Å². The molecule has 0 aliphatic carbocycles. The molecule has 0 spiro atoms. The summed E-state index contributed by atoms with van der Waals surface area (Å²) in [5.74, 6) is 1.60. The molecule has 1 saturated heterocycles. The Kier molecular flexibility index (Phi) is 6.96. The number of aromatic nitrogens is 1. The van der Waals surface area contributed by atoms with Crippen molar-refractivity contribution in [2.75, 3.05) is 26.2 Å². The fourth-order valence-corrected chi connectivity index (χ4v) is 5.21. The Balaban J connectivity index is 1.17. The molecule has 0 saturated carbocycles. The lowest BCUT2D eigenvalue weighted by Gasteiger charge is -2.32. The van der Waals surface area contributed by atoms with Crippen molar-refractivity contribution in [2.24, 2.45) is 5.92 Å². The molecule has 29 heavy (non-hydrogen) atoms. The first-order chi connectivity index (χ1) is 14.1. The molecule has 1 aliphatic rings. The normalized spacial score (nSPS) is 15.8. The fraction of sp³-hybridized carbons (Fsp3) is 0.435. The molecule has 0 radical (unpaired) electrons. The Bertz CT molecular complexity index is 967. The summed E-state index contributed by atoms with van der Waals surface area (Å²) in [6.45, 7) is 6.16. The smallest absolute Gasteiger partial charge is 0.121 e. The van der Waals surface area contributed by atoms with Crippen molar-refractivity contribution in [3.05, 3.63) is 57.0 Å². The molecule has 0 atom stereocenters. The number of likely N-dealkylation sites (tertiary alicyclic amines) is 1. The predicted octanol–water partition coefficient (Wildman–Crippen LogP) is 6.64. The lowest BCUT2D eigenvalue weighted by atomic mass is 9.90. The minimum atomic E-state index is 0.687. The number of fused-ring (bicyclic) bond motifs is 1. The molecule has 0 bridgehead atoms. The van der Waals surface area contributed by atoms with Crippen LogP contribution in [0.3, 0.4) is 0 Å². The molecule has 3 nitrogen and oxygen atoms in total. The van der Waals surface area contributed by atoms with E-state index < -0.39 is 0 Å². The second-order valence-electron chi connectivity index (χ2n) is 7.79. The van der Waals surface area contributed by atoms with E-state index >= 15 is 0 Å². The highest BCUT2D eigenvalue weighted by molar-refractivity contribution is 7.18.